The summed E-state index contributed by atoms with van der Waals surface area (Å²) in [6.45, 7) is 7.99. The van der Waals surface area contributed by atoms with E-state index in [-0.39, 0.29) is 36.2 Å². The van der Waals surface area contributed by atoms with Gasteiger partial charge in [-0.1, -0.05) is 27.2 Å². The van der Waals surface area contributed by atoms with Crippen molar-refractivity contribution in [2.75, 3.05) is 27.8 Å². The third kappa shape index (κ3) is 6.15. The Morgan fingerprint density at radius 2 is 1.83 bits per heavy atom. The van der Waals surface area contributed by atoms with Crippen molar-refractivity contribution >= 4 is 17.7 Å². The van der Waals surface area contributed by atoms with Crippen LogP contribution in [0.4, 0.5) is 0 Å². The van der Waals surface area contributed by atoms with Crippen LogP contribution in [0.2, 0.25) is 0 Å². The molecule has 0 saturated carbocycles. The topological polar surface area (TPSA) is 102 Å². The van der Waals surface area contributed by atoms with Gasteiger partial charge in [-0.05, 0) is 18.8 Å². The van der Waals surface area contributed by atoms with Crippen LogP contribution in [0.5, 0.6) is 0 Å². The molecule has 1 aliphatic heterocycles. The van der Waals surface area contributed by atoms with Gasteiger partial charge in [0.1, 0.15) is 0 Å². The Morgan fingerprint density at radius 3 is 2.28 bits per heavy atom. The Bertz CT molecular complexity index is 571. The minimum atomic E-state index is -0.492. The molecule has 0 aromatic rings. The van der Waals surface area contributed by atoms with Gasteiger partial charge in [-0.3, -0.25) is 14.4 Å². The van der Waals surface area contributed by atoms with E-state index < -0.39 is 24.0 Å². The highest BCUT2D eigenvalue weighted by atomic mass is 16.5. The van der Waals surface area contributed by atoms with Crippen LogP contribution in [0.1, 0.15) is 53.4 Å². The average molecular weight is 414 g/mol. The summed E-state index contributed by atoms with van der Waals surface area (Å²) in [6, 6.07) is -0.393. The van der Waals surface area contributed by atoms with Gasteiger partial charge in [0.2, 0.25) is 17.7 Å². The Morgan fingerprint density at radius 1 is 1.21 bits per heavy atom. The fourth-order valence-corrected chi connectivity index (χ4v) is 4.38. The molecule has 0 aliphatic carbocycles. The zero-order valence-corrected chi connectivity index (χ0v) is 19.0. The fraction of sp³-hybridized carbons (Fsp3) is 0.857. The second-order valence-electron chi connectivity index (χ2n) is 8.17. The number of likely N-dealkylation sites (N-methyl/N-ethyl adjacent to an activating group) is 1. The summed E-state index contributed by atoms with van der Waals surface area (Å²) < 4.78 is 11.3. The molecule has 1 rings (SSSR count). The number of primary amides is 1. The van der Waals surface area contributed by atoms with Crippen molar-refractivity contribution < 1.29 is 23.9 Å². The molecular weight excluding hydrogens is 374 g/mol. The first-order valence-corrected chi connectivity index (χ1v) is 10.5. The van der Waals surface area contributed by atoms with E-state index in [9.17, 15) is 14.4 Å². The molecule has 8 heteroatoms. The minimum absolute atomic E-state index is 0.0525. The quantitative estimate of drug-likeness (QED) is 0.552. The molecule has 8 nitrogen and oxygen atoms in total. The van der Waals surface area contributed by atoms with Crippen LogP contribution in [-0.2, 0) is 23.9 Å². The van der Waals surface area contributed by atoms with E-state index in [0.29, 0.717) is 6.54 Å². The second-order valence-corrected chi connectivity index (χ2v) is 8.17. The third-order valence-electron chi connectivity index (χ3n) is 6.44. The van der Waals surface area contributed by atoms with Crippen LogP contribution in [0.15, 0.2) is 0 Å². The highest BCUT2D eigenvalue weighted by Crippen LogP contribution is 2.28. The number of nitrogens with zero attached hydrogens (tertiary/aromatic N) is 2. The number of methoxy groups -OCH3 is 2. The van der Waals surface area contributed by atoms with Crippen LogP contribution in [0, 0.1) is 11.8 Å². The Hall–Kier alpha value is -1.67. The first kappa shape index (κ1) is 25.4. The van der Waals surface area contributed by atoms with Crippen molar-refractivity contribution in [3.8, 4) is 0 Å². The van der Waals surface area contributed by atoms with Crippen LogP contribution < -0.4 is 5.73 Å². The fourth-order valence-electron chi connectivity index (χ4n) is 4.38. The van der Waals surface area contributed by atoms with E-state index in [2.05, 4.69) is 13.8 Å². The summed E-state index contributed by atoms with van der Waals surface area (Å²) in [7, 11) is 4.88. The first-order chi connectivity index (χ1) is 13.6. The molecule has 0 radical (unpaired) electrons. The van der Waals surface area contributed by atoms with Gasteiger partial charge in [-0.2, -0.15) is 0 Å². The van der Waals surface area contributed by atoms with Crippen LogP contribution in [0.25, 0.3) is 0 Å². The number of hydrogen-bond acceptors (Lipinski definition) is 5. The van der Waals surface area contributed by atoms with E-state index >= 15 is 0 Å². The van der Waals surface area contributed by atoms with Crippen LogP contribution >= 0.6 is 0 Å². The number of rotatable bonds is 11. The molecule has 3 amide bonds. The summed E-state index contributed by atoms with van der Waals surface area (Å²) >= 11 is 0. The van der Waals surface area contributed by atoms with Gasteiger partial charge in [0.25, 0.3) is 0 Å². The summed E-state index contributed by atoms with van der Waals surface area (Å²) in [5, 5.41) is 0. The number of carbonyl (C=O) groups is 3. The maximum Gasteiger partial charge on any atom is 0.225 e. The predicted molar refractivity (Wildman–Crippen MR) is 111 cm³/mol. The maximum absolute atomic E-state index is 13.2. The molecule has 0 unspecified atom stereocenters. The summed E-state index contributed by atoms with van der Waals surface area (Å²) in [4.78, 5) is 40.4. The molecule has 168 valence electrons. The van der Waals surface area contributed by atoms with Gasteiger partial charge in [-0.15, -0.1) is 0 Å². The number of hydrogen-bond donors (Lipinski definition) is 1. The van der Waals surface area contributed by atoms with Gasteiger partial charge in [0, 0.05) is 34.7 Å². The summed E-state index contributed by atoms with van der Waals surface area (Å²) in [5.74, 6) is -0.862. The smallest absolute Gasteiger partial charge is 0.225 e. The molecule has 29 heavy (non-hydrogen) atoms. The molecule has 0 spiro atoms. The Labute approximate surface area is 175 Å². The van der Waals surface area contributed by atoms with E-state index in [0.717, 1.165) is 19.3 Å². The Balaban J connectivity index is 3.02. The normalized spacial score (nSPS) is 21.9. The van der Waals surface area contributed by atoms with Gasteiger partial charge >= 0.3 is 0 Å². The van der Waals surface area contributed by atoms with Gasteiger partial charge in [0.15, 0.2) is 0 Å². The molecule has 2 N–H and O–H groups in total. The number of ether oxygens (including phenoxy) is 2. The highest BCUT2D eigenvalue weighted by Gasteiger charge is 2.41. The van der Waals surface area contributed by atoms with Gasteiger partial charge in [-0.25, -0.2) is 0 Å². The molecule has 6 atom stereocenters. The Kier molecular flexibility index (Phi) is 10.1. The van der Waals surface area contributed by atoms with Crippen molar-refractivity contribution in [3.63, 3.8) is 0 Å². The highest BCUT2D eigenvalue weighted by molar-refractivity contribution is 5.79. The van der Waals surface area contributed by atoms with E-state index in [4.69, 9.17) is 15.2 Å². The summed E-state index contributed by atoms with van der Waals surface area (Å²) in [6.07, 6.45) is 1.79. The van der Waals surface area contributed by atoms with E-state index in [1.165, 1.54) is 6.92 Å². The second kappa shape index (κ2) is 11.5. The molecule has 1 saturated heterocycles. The molecule has 0 aromatic heterocycles. The van der Waals surface area contributed by atoms with E-state index in [1.54, 1.807) is 38.0 Å². The number of likely N-dealkylation sites (tertiary alicyclic amines) is 1. The largest absolute Gasteiger partial charge is 0.379 e. The average Bonchev–Trinajstić information content (AvgIpc) is 3.16. The van der Waals surface area contributed by atoms with Gasteiger partial charge < -0.3 is 25.0 Å². The zero-order valence-electron chi connectivity index (χ0n) is 19.0. The SMILES string of the molecule is CC[C@H](C)[C@@H]([C@@H](CC(=O)N1CCC[C@H]1[C@H](OC)[C@@H](C)C(N)=O)OC)N(C)C(C)=O. The lowest BCUT2D eigenvalue weighted by molar-refractivity contribution is -0.144. The number of nitrogens with two attached hydrogens (primary N) is 1. The first-order valence-electron chi connectivity index (χ1n) is 10.5. The molecule has 0 aromatic carbocycles. The van der Waals surface area contributed by atoms with Crippen molar-refractivity contribution in [1.29, 1.82) is 0 Å². The lowest BCUT2D eigenvalue weighted by Crippen LogP contribution is -2.52. The van der Waals surface area contributed by atoms with Crippen LogP contribution in [0.3, 0.4) is 0 Å². The number of carbonyl (C=O) groups excluding carboxylic acids is 3. The van der Waals surface area contributed by atoms with E-state index in [1.807, 2.05) is 0 Å². The minimum Gasteiger partial charge on any atom is -0.379 e. The molecule has 1 heterocycles. The van der Waals surface area contributed by atoms with Crippen LogP contribution in [-0.4, -0.2) is 79.6 Å². The monoisotopic (exact) mass is 413 g/mol. The maximum atomic E-state index is 13.2. The summed E-state index contributed by atoms with van der Waals surface area (Å²) in [5.41, 5.74) is 5.47. The zero-order chi connectivity index (χ0) is 22.3. The van der Waals surface area contributed by atoms with Crippen molar-refractivity contribution in [3.05, 3.63) is 0 Å². The van der Waals surface area contributed by atoms with Crippen molar-refractivity contribution in [2.24, 2.45) is 17.6 Å². The van der Waals surface area contributed by atoms with Gasteiger partial charge in [0.05, 0.1) is 36.6 Å². The lowest BCUT2D eigenvalue weighted by atomic mass is 9.90. The van der Waals surface area contributed by atoms with Crippen molar-refractivity contribution in [1.82, 2.24) is 9.80 Å². The standard InChI is InChI=1S/C21H39N3O5/c1-8-13(2)19(23(5)15(4)25)17(28-6)12-18(26)24-11-9-10-16(24)20(29-7)14(3)21(22)27/h13-14,16-17,19-20H,8-12H2,1-7H3,(H2,22,27)/t13-,14+,16-,17+,19-,20+/m0/s1. The molecule has 1 aliphatic rings. The number of amides is 3. The predicted octanol–water partition coefficient (Wildman–Crippen LogP) is 1.41. The molecule has 1 fully saturated rings. The van der Waals surface area contributed by atoms with Crippen molar-refractivity contribution in [2.45, 2.75) is 77.7 Å². The third-order valence-corrected chi connectivity index (χ3v) is 6.44. The lowest BCUT2D eigenvalue weighted by Gasteiger charge is -2.38. The molecule has 0 bridgehead atoms. The molecular formula is C21H39N3O5.